The van der Waals surface area contributed by atoms with Crippen LogP contribution in [-0.4, -0.2) is 35.6 Å². The molecule has 0 spiro atoms. The SMILES string of the molecule is CCCCCCc1cc(OC2CCN(CC3CCCCC3)CC2)c2ncccc2c1. The molecule has 0 unspecified atom stereocenters. The van der Waals surface area contributed by atoms with Crippen LogP contribution in [0.5, 0.6) is 5.75 Å². The van der Waals surface area contributed by atoms with Gasteiger partial charge in [-0.3, -0.25) is 4.98 Å². The highest BCUT2D eigenvalue weighted by molar-refractivity contribution is 5.85. The van der Waals surface area contributed by atoms with E-state index in [0.717, 1.165) is 36.4 Å². The van der Waals surface area contributed by atoms with Gasteiger partial charge < -0.3 is 9.64 Å². The molecule has 0 amide bonds. The number of aromatic nitrogens is 1. The summed E-state index contributed by atoms with van der Waals surface area (Å²) < 4.78 is 6.59. The Morgan fingerprint density at radius 3 is 2.63 bits per heavy atom. The van der Waals surface area contributed by atoms with E-state index in [2.05, 4.69) is 35.0 Å². The maximum absolute atomic E-state index is 6.59. The largest absolute Gasteiger partial charge is 0.488 e. The fourth-order valence-corrected chi connectivity index (χ4v) is 5.33. The van der Waals surface area contributed by atoms with Crippen molar-refractivity contribution in [3.8, 4) is 5.75 Å². The number of hydrogen-bond donors (Lipinski definition) is 0. The van der Waals surface area contributed by atoms with Crippen molar-refractivity contribution in [2.75, 3.05) is 19.6 Å². The van der Waals surface area contributed by atoms with Crippen LogP contribution >= 0.6 is 0 Å². The summed E-state index contributed by atoms with van der Waals surface area (Å²) in [4.78, 5) is 7.35. The number of hydrogen-bond acceptors (Lipinski definition) is 3. The molecule has 2 heterocycles. The molecular formula is C27H40N2O. The first-order valence-corrected chi connectivity index (χ1v) is 12.6. The summed E-state index contributed by atoms with van der Waals surface area (Å²) in [5, 5.41) is 1.22. The van der Waals surface area contributed by atoms with E-state index in [1.807, 2.05) is 12.3 Å². The number of nitrogens with zero attached hydrogens (tertiary/aromatic N) is 2. The average Bonchev–Trinajstić information content (AvgIpc) is 2.79. The van der Waals surface area contributed by atoms with Gasteiger partial charge in [0.25, 0.3) is 0 Å². The predicted octanol–water partition coefficient (Wildman–Crippen LogP) is 6.78. The van der Waals surface area contributed by atoms with Gasteiger partial charge in [0.2, 0.25) is 0 Å². The van der Waals surface area contributed by atoms with Gasteiger partial charge in [0.15, 0.2) is 0 Å². The van der Waals surface area contributed by atoms with E-state index in [0.29, 0.717) is 6.10 Å². The summed E-state index contributed by atoms with van der Waals surface area (Å²) in [5.41, 5.74) is 2.43. The third kappa shape index (κ3) is 5.97. The first kappa shape index (κ1) is 21.6. The van der Waals surface area contributed by atoms with Crippen LogP contribution in [0.25, 0.3) is 10.9 Å². The van der Waals surface area contributed by atoms with Crippen LogP contribution in [0.15, 0.2) is 30.5 Å². The minimum Gasteiger partial charge on any atom is -0.488 e. The fraction of sp³-hybridized carbons (Fsp3) is 0.667. The molecule has 2 aromatic rings. The van der Waals surface area contributed by atoms with Gasteiger partial charge in [0, 0.05) is 31.2 Å². The lowest BCUT2D eigenvalue weighted by molar-refractivity contribution is 0.0871. The van der Waals surface area contributed by atoms with Gasteiger partial charge in [0.05, 0.1) is 0 Å². The van der Waals surface area contributed by atoms with Gasteiger partial charge in [-0.25, -0.2) is 0 Å². The average molecular weight is 409 g/mol. The van der Waals surface area contributed by atoms with Gasteiger partial charge in [-0.1, -0.05) is 51.5 Å². The van der Waals surface area contributed by atoms with Crippen molar-refractivity contribution in [3.05, 3.63) is 36.0 Å². The Kier molecular flexibility index (Phi) is 8.02. The van der Waals surface area contributed by atoms with Crippen LogP contribution in [0.3, 0.4) is 0 Å². The molecule has 0 bridgehead atoms. The lowest BCUT2D eigenvalue weighted by Crippen LogP contribution is -2.41. The number of piperidine rings is 1. The van der Waals surface area contributed by atoms with Crippen LogP contribution in [0.1, 0.15) is 83.1 Å². The Morgan fingerprint density at radius 1 is 1.00 bits per heavy atom. The summed E-state index contributed by atoms with van der Waals surface area (Å²) in [6.07, 6.45) is 18.1. The van der Waals surface area contributed by atoms with E-state index < -0.39 is 0 Å². The number of aryl methyl sites for hydroxylation is 1. The van der Waals surface area contributed by atoms with Crippen molar-refractivity contribution in [1.29, 1.82) is 0 Å². The first-order valence-electron chi connectivity index (χ1n) is 12.6. The molecular weight excluding hydrogens is 368 g/mol. The van der Waals surface area contributed by atoms with Crippen LogP contribution in [0, 0.1) is 5.92 Å². The van der Waals surface area contributed by atoms with E-state index in [-0.39, 0.29) is 0 Å². The summed E-state index contributed by atoms with van der Waals surface area (Å²) in [6, 6.07) is 8.80. The maximum atomic E-state index is 6.59. The number of fused-ring (bicyclic) bond motifs is 1. The van der Waals surface area contributed by atoms with Crippen molar-refractivity contribution in [2.24, 2.45) is 5.92 Å². The van der Waals surface area contributed by atoms with E-state index in [1.54, 1.807) is 0 Å². The highest BCUT2D eigenvalue weighted by Gasteiger charge is 2.24. The van der Waals surface area contributed by atoms with Crippen molar-refractivity contribution < 1.29 is 4.74 Å². The number of benzene rings is 1. The van der Waals surface area contributed by atoms with Gasteiger partial charge in [-0.05, 0) is 68.2 Å². The molecule has 1 aromatic heterocycles. The zero-order chi connectivity index (χ0) is 20.6. The standard InChI is InChI=1S/C27H40N2O/c1-2-3-4-6-12-23-19-24-13-9-16-28-27(24)26(20-23)30-25-14-17-29(18-15-25)21-22-10-7-5-8-11-22/h9,13,16,19-20,22,25H,2-8,10-12,14-15,17-18,21H2,1H3. The Morgan fingerprint density at radius 2 is 1.83 bits per heavy atom. The molecule has 4 rings (SSSR count). The second-order valence-electron chi connectivity index (χ2n) is 9.60. The molecule has 0 N–H and O–H groups in total. The minimum absolute atomic E-state index is 0.327. The molecule has 1 aliphatic heterocycles. The van der Waals surface area contributed by atoms with E-state index in [9.17, 15) is 0 Å². The fourth-order valence-electron chi connectivity index (χ4n) is 5.33. The van der Waals surface area contributed by atoms with Gasteiger partial charge >= 0.3 is 0 Å². The molecule has 2 aliphatic rings. The number of unbranched alkanes of at least 4 members (excludes halogenated alkanes) is 3. The molecule has 164 valence electrons. The number of pyridine rings is 1. The van der Waals surface area contributed by atoms with Gasteiger partial charge in [-0.15, -0.1) is 0 Å². The highest BCUT2D eigenvalue weighted by atomic mass is 16.5. The zero-order valence-electron chi connectivity index (χ0n) is 19.0. The lowest BCUT2D eigenvalue weighted by atomic mass is 9.88. The molecule has 0 radical (unpaired) electrons. The maximum Gasteiger partial charge on any atom is 0.146 e. The quantitative estimate of drug-likeness (QED) is 0.428. The van der Waals surface area contributed by atoms with Gasteiger partial charge in [-0.2, -0.15) is 0 Å². The molecule has 2 fully saturated rings. The Labute approximate surface area is 183 Å². The topological polar surface area (TPSA) is 25.4 Å². The summed E-state index contributed by atoms with van der Waals surface area (Å²) in [7, 11) is 0. The first-order chi connectivity index (χ1) is 14.8. The molecule has 0 atom stereocenters. The number of rotatable bonds is 9. The second kappa shape index (κ2) is 11.1. The van der Waals surface area contributed by atoms with Crippen LogP contribution < -0.4 is 4.74 Å². The Balaban J connectivity index is 1.35. The summed E-state index contributed by atoms with van der Waals surface area (Å²) in [5.74, 6) is 1.94. The molecule has 30 heavy (non-hydrogen) atoms. The van der Waals surface area contributed by atoms with Crippen LogP contribution in [0.4, 0.5) is 0 Å². The second-order valence-corrected chi connectivity index (χ2v) is 9.60. The monoisotopic (exact) mass is 408 g/mol. The zero-order valence-corrected chi connectivity index (χ0v) is 19.0. The molecule has 1 aliphatic carbocycles. The third-order valence-corrected chi connectivity index (χ3v) is 7.12. The number of ether oxygens (including phenoxy) is 1. The lowest BCUT2D eigenvalue weighted by Gasteiger charge is -2.35. The number of likely N-dealkylation sites (tertiary alicyclic amines) is 1. The normalized spacial score (nSPS) is 19.4. The molecule has 3 heteroatoms. The molecule has 1 saturated heterocycles. The Bertz CT molecular complexity index is 776. The van der Waals surface area contributed by atoms with Gasteiger partial charge in [0.1, 0.15) is 17.4 Å². The minimum atomic E-state index is 0.327. The van der Waals surface area contributed by atoms with E-state index in [4.69, 9.17) is 4.74 Å². The summed E-state index contributed by atoms with van der Waals surface area (Å²) >= 11 is 0. The van der Waals surface area contributed by atoms with Crippen molar-refractivity contribution in [1.82, 2.24) is 9.88 Å². The molecule has 1 aromatic carbocycles. The smallest absolute Gasteiger partial charge is 0.146 e. The highest BCUT2D eigenvalue weighted by Crippen LogP contribution is 2.30. The summed E-state index contributed by atoms with van der Waals surface area (Å²) in [6.45, 7) is 5.95. The Hall–Kier alpha value is -1.61. The molecule has 3 nitrogen and oxygen atoms in total. The van der Waals surface area contributed by atoms with E-state index in [1.165, 1.54) is 88.4 Å². The van der Waals surface area contributed by atoms with E-state index >= 15 is 0 Å². The van der Waals surface area contributed by atoms with Crippen molar-refractivity contribution >= 4 is 10.9 Å². The van der Waals surface area contributed by atoms with Crippen LogP contribution in [-0.2, 0) is 6.42 Å². The van der Waals surface area contributed by atoms with Crippen molar-refractivity contribution in [3.63, 3.8) is 0 Å². The third-order valence-electron chi connectivity index (χ3n) is 7.12. The van der Waals surface area contributed by atoms with Crippen LogP contribution in [0.2, 0.25) is 0 Å². The molecule has 1 saturated carbocycles. The predicted molar refractivity (Wildman–Crippen MR) is 126 cm³/mol. The van der Waals surface area contributed by atoms with Crippen molar-refractivity contribution in [2.45, 2.75) is 90.1 Å².